The van der Waals surface area contributed by atoms with Gasteiger partial charge in [0.2, 0.25) is 0 Å². The summed E-state index contributed by atoms with van der Waals surface area (Å²) in [5, 5.41) is 0. The third-order valence-electron chi connectivity index (χ3n) is 2.92. The van der Waals surface area contributed by atoms with Gasteiger partial charge in [-0.3, -0.25) is 10.8 Å². The van der Waals surface area contributed by atoms with E-state index in [-0.39, 0.29) is 6.04 Å². The second-order valence-corrected chi connectivity index (χ2v) is 4.85. The number of thioether (sulfide) groups is 1. The Hall–Kier alpha value is -1.56. The molecule has 0 spiro atoms. The SMILES string of the molecule is COc1cncc(C(NN)c2ccccc2SC)c1. The Morgan fingerprint density at radius 2 is 2.11 bits per heavy atom. The van der Waals surface area contributed by atoms with E-state index in [1.807, 2.05) is 18.2 Å². The van der Waals surface area contributed by atoms with Gasteiger partial charge in [-0.15, -0.1) is 11.8 Å². The zero-order valence-corrected chi connectivity index (χ0v) is 11.8. The minimum Gasteiger partial charge on any atom is -0.495 e. The van der Waals surface area contributed by atoms with Crippen LogP contribution in [0.2, 0.25) is 0 Å². The van der Waals surface area contributed by atoms with Crippen LogP contribution in [0.15, 0.2) is 47.6 Å². The lowest BCUT2D eigenvalue weighted by Crippen LogP contribution is -2.29. The van der Waals surface area contributed by atoms with E-state index in [0.29, 0.717) is 0 Å². The summed E-state index contributed by atoms with van der Waals surface area (Å²) in [5.74, 6) is 6.45. The van der Waals surface area contributed by atoms with Crippen LogP contribution in [-0.2, 0) is 0 Å². The number of rotatable bonds is 5. The molecule has 0 radical (unpaired) electrons. The first kappa shape index (κ1) is 13.9. The van der Waals surface area contributed by atoms with Crippen molar-refractivity contribution in [1.82, 2.24) is 10.4 Å². The van der Waals surface area contributed by atoms with Crippen molar-refractivity contribution in [3.63, 3.8) is 0 Å². The fraction of sp³-hybridized carbons (Fsp3) is 0.214. The van der Waals surface area contributed by atoms with Crippen molar-refractivity contribution in [1.29, 1.82) is 0 Å². The van der Waals surface area contributed by atoms with Gasteiger partial charge in [0.25, 0.3) is 0 Å². The highest BCUT2D eigenvalue weighted by Gasteiger charge is 2.16. The first-order valence-electron chi connectivity index (χ1n) is 5.88. The summed E-state index contributed by atoms with van der Waals surface area (Å²) in [5.41, 5.74) is 4.96. The molecule has 0 aliphatic carbocycles. The topological polar surface area (TPSA) is 60.2 Å². The van der Waals surface area contributed by atoms with Crippen LogP contribution in [0.1, 0.15) is 17.2 Å². The fourth-order valence-corrected chi connectivity index (χ4v) is 2.61. The molecule has 0 saturated carbocycles. The van der Waals surface area contributed by atoms with Gasteiger partial charge in [-0.05, 0) is 29.5 Å². The molecule has 0 bridgehead atoms. The molecule has 1 atom stereocenters. The van der Waals surface area contributed by atoms with Gasteiger partial charge in [0, 0.05) is 11.1 Å². The lowest BCUT2D eigenvalue weighted by atomic mass is 10.0. The Balaban J connectivity index is 2.43. The van der Waals surface area contributed by atoms with E-state index in [1.54, 1.807) is 31.3 Å². The molecule has 4 nitrogen and oxygen atoms in total. The quantitative estimate of drug-likeness (QED) is 0.498. The molecule has 2 aromatic rings. The number of nitrogens with zero attached hydrogens (tertiary/aromatic N) is 1. The van der Waals surface area contributed by atoms with Crippen LogP contribution in [-0.4, -0.2) is 18.3 Å². The molecular formula is C14H17N3OS. The van der Waals surface area contributed by atoms with Gasteiger partial charge in [0.1, 0.15) is 5.75 Å². The number of pyridine rings is 1. The van der Waals surface area contributed by atoms with Crippen molar-refractivity contribution in [3.8, 4) is 5.75 Å². The molecule has 1 aromatic carbocycles. The maximum Gasteiger partial charge on any atom is 0.137 e. The van der Waals surface area contributed by atoms with E-state index >= 15 is 0 Å². The number of hydrogen-bond acceptors (Lipinski definition) is 5. The fourth-order valence-electron chi connectivity index (χ4n) is 1.98. The second kappa shape index (κ2) is 6.56. The zero-order chi connectivity index (χ0) is 13.7. The van der Waals surface area contributed by atoms with Gasteiger partial charge in [-0.25, -0.2) is 5.43 Å². The molecule has 0 fully saturated rings. The Kier molecular flexibility index (Phi) is 4.79. The van der Waals surface area contributed by atoms with Crippen molar-refractivity contribution in [2.24, 2.45) is 5.84 Å². The molecule has 0 aliphatic heterocycles. The summed E-state index contributed by atoms with van der Waals surface area (Å²) >= 11 is 1.70. The summed E-state index contributed by atoms with van der Waals surface area (Å²) in [6, 6.07) is 10.0. The van der Waals surface area contributed by atoms with Gasteiger partial charge < -0.3 is 4.74 Å². The van der Waals surface area contributed by atoms with Gasteiger partial charge in [0.15, 0.2) is 0 Å². The third kappa shape index (κ3) is 3.07. The van der Waals surface area contributed by atoms with E-state index in [9.17, 15) is 0 Å². The van der Waals surface area contributed by atoms with E-state index < -0.39 is 0 Å². The summed E-state index contributed by atoms with van der Waals surface area (Å²) < 4.78 is 5.21. The number of ether oxygens (including phenoxy) is 1. The molecule has 5 heteroatoms. The summed E-state index contributed by atoms with van der Waals surface area (Å²) in [6.45, 7) is 0. The summed E-state index contributed by atoms with van der Waals surface area (Å²) in [7, 11) is 1.63. The molecule has 3 N–H and O–H groups in total. The first-order valence-corrected chi connectivity index (χ1v) is 7.10. The lowest BCUT2D eigenvalue weighted by molar-refractivity contribution is 0.411. The highest BCUT2D eigenvalue weighted by Crippen LogP contribution is 2.30. The number of benzene rings is 1. The third-order valence-corrected chi connectivity index (χ3v) is 3.73. The molecular weight excluding hydrogens is 258 g/mol. The standard InChI is InChI=1S/C14H17N3OS/c1-18-11-7-10(8-16-9-11)14(17-15)12-5-3-4-6-13(12)19-2/h3-9,14,17H,15H2,1-2H3. The predicted molar refractivity (Wildman–Crippen MR) is 78.2 cm³/mol. The number of nitrogens with two attached hydrogens (primary N) is 1. The summed E-state index contributed by atoms with van der Waals surface area (Å²) in [6.07, 6.45) is 5.53. The maximum absolute atomic E-state index is 5.72. The van der Waals surface area contributed by atoms with Gasteiger partial charge in [-0.2, -0.15) is 0 Å². The van der Waals surface area contributed by atoms with Crippen LogP contribution in [0, 0.1) is 0 Å². The van der Waals surface area contributed by atoms with E-state index in [0.717, 1.165) is 16.9 Å². The van der Waals surface area contributed by atoms with E-state index in [2.05, 4.69) is 28.8 Å². The van der Waals surface area contributed by atoms with Crippen molar-refractivity contribution < 1.29 is 4.74 Å². The molecule has 0 aliphatic rings. The number of aromatic nitrogens is 1. The minimum atomic E-state index is -0.105. The Morgan fingerprint density at radius 1 is 1.32 bits per heavy atom. The average Bonchev–Trinajstić information content (AvgIpc) is 2.49. The minimum absolute atomic E-state index is 0.105. The van der Waals surface area contributed by atoms with E-state index in [4.69, 9.17) is 10.6 Å². The van der Waals surface area contributed by atoms with Crippen molar-refractivity contribution in [3.05, 3.63) is 53.9 Å². The van der Waals surface area contributed by atoms with Crippen molar-refractivity contribution in [2.45, 2.75) is 10.9 Å². The highest BCUT2D eigenvalue weighted by molar-refractivity contribution is 7.98. The first-order chi connectivity index (χ1) is 9.30. The molecule has 19 heavy (non-hydrogen) atoms. The molecule has 1 heterocycles. The Morgan fingerprint density at radius 3 is 2.79 bits per heavy atom. The smallest absolute Gasteiger partial charge is 0.137 e. The van der Waals surface area contributed by atoms with Gasteiger partial charge >= 0.3 is 0 Å². The normalized spacial score (nSPS) is 12.2. The number of methoxy groups -OCH3 is 1. The van der Waals surface area contributed by atoms with Crippen LogP contribution < -0.4 is 16.0 Å². The highest BCUT2D eigenvalue weighted by atomic mass is 32.2. The molecule has 1 aromatic heterocycles. The lowest BCUT2D eigenvalue weighted by Gasteiger charge is -2.19. The zero-order valence-electron chi connectivity index (χ0n) is 11.0. The summed E-state index contributed by atoms with van der Waals surface area (Å²) in [4.78, 5) is 5.37. The van der Waals surface area contributed by atoms with E-state index in [1.165, 1.54) is 4.90 Å². The molecule has 1 unspecified atom stereocenters. The number of hydrogen-bond donors (Lipinski definition) is 2. The maximum atomic E-state index is 5.72. The Labute approximate surface area is 117 Å². The molecule has 100 valence electrons. The molecule has 2 rings (SSSR count). The van der Waals surface area contributed by atoms with Crippen LogP contribution in [0.25, 0.3) is 0 Å². The van der Waals surface area contributed by atoms with Gasteiger partial charge in [-0.1, -0.05) is 18.2 Å². The van der Waals surface area contributed by atoms with Crippen molar-refractivity contribution >= 4 is 11.8 Å². The molecule has 0 amide bonds. The number of hydrazine groups is 1. The van der Waals surface area contributed by atoms with Gasteiger partial charge in [0.05, 0.1) is 19.3 Å². The predicted octanol–water partition coefficient (Wildman–Crippen LogP) is 2.36. The van der Waals surface area contributed by atoms with Crippen LogP contribution in [0.3, 0.4) is 0 Å². The van der Waals surface area contributed by atoms with Crippen molar-refractivity contribution in [2.75, 3.05) is 13.4 Å². The van der Waals surface area contributed by atoms with Crippen LogP contribution >= 0.6 is 11.8 Å². The molecule has 0 saturated heterocycles. The van der Waals surface area contributed by atoms with Crippen LogP contribution in [0.4, 0.5) is 0 Å². The number of nitrogens with one attached hydrogen (secondary N) is 1. The monoisotopic (exact) mass is 275 g/mol. The average molecular weight is 275 g/mol. The second-order valence-electron chi connectivity index (χ2n) is 4.00. The Bertz CT molecular complexity index is 548. The van der Waals surface area contributed by atoms with Crippen LogP contribution in [0.5, 0.6) is 5.75 Å². The largest absolute Gasteiger partial charge is 0.495 e.